The molecule has 2 heterocycles. The molecule has 0 saturated heterocycles. The predicted molar refractivity (Wildman–Crippen MR) is 128 cm³/mol. The Kier molecular flexibility index (Phi) is 8.55. The maximum Gasteiger partial charge on any atom is 0.418 e. The van der Waals surface area contributed by atoms with Crippen LogP contribution in [0.5, 0.6) is 5.75 Å². The van der Waals surface area contributed by atoms with Crippen LogP contribution in [0.4, 0.5) is 18.9 Å². The molecule has 3 aromatic rings. The van der Waals surface area contributed by atoms with Gasteiger partial charge < -0.3 is 19.7 Å². The Balaban J connectivity index is 1.87. The van der Waals surface area contributed by atoms with Crippen molar-refractivity contribution in [3.8, 4) is 11.8 Å². The van der Waals surface area contributed by atoms with E-state index in [1.54, 1.807) is 22.8 Å². The Labute approximate surface area is 211 Å². The van der Waals surface area contributed by atoms with E-state index in [2.05, 4.69) is 10.3 Å². The Morgan fingerprint density at radius 2 is 2.00 bits per heavy atom. The van der Waals surface area contributed by atoms with Gasteiger partial charge in [0.15, 0.2) is 11.4 Å². The Bertz CT molecular complexity index is 1330. The molecule has 0 aliphatic rings. The van der Waals surface area contributed by atoms with Crippen LogP contribution < -0.4 is 10.1 Å². The van der Waals surface area contributed by atoms with Crippen molar-refractivity contribution >= 4 is 17.6 Å². The molecule has 0 radical (unpaired) electrons. The van der Waals surface area contributed by atoms with Gasteiger partial charge in [0.2, 0.25) is 0 Å². The molecule has 1 unspecified atom stereocenters. The van der Waals surface area contributed by atoms with Crippen LogP contribution in [-0.4, -0.2) is 33.1 Å². The number of aromatic nitrogens is 2. The molecule has 0 fully saturated rings. The van der Waals surface area contributed by atoms with Crippen LogP contribution in [0.15, 0.2) is 48.7 Å². The van der Waals surface area contributed by atoms with Crippen LogP contribution >= 0.6 is 0 Å². The minimum absolute atomic E-state index is 0.123. The van der Waals surface area contributed by atoms with E-state index < -0.39 is 35.7 Å². The molecule has 0 spiro atoms. The zero-order valence-corrected chi connectivity index (χ0v) is 20.2. The Morgan fingerprint density at radius 1 is 1.24 bits per heavy atom. The first-order valence-electron chi connectivity index (χ1n) is 11.5. The number of carbonyl (C=O) groups is 2. The number of nitriles is 1. The molecule has 11 heteroatoms. The number of rotatable bonds is 10. The van der Waals surface area contributed by atoms with Crippen molar-refractivity contribution < 1.29 is 32.6 Å². The summed E-state index contributed by atoms with van der Waals surface area (Å²) in [6.07, 6.45) is -2.75. The molecule has 1 atom stereocenters. The average molecular weight is 515 g/mol. The number of aliphatic carboxylic acids is 1. The number of carbonyl (C=O) groups excluding carboxylic acids is 1. The van der Waals surface area contributed by atoms with Gasteiger partial charge in [-0.1, -0.05) is 13.0 Å². The van der Waals surface area contributed by atoms with Gasteiger partial charge in [-0.2, -0.15) is 18.4 Å². The largest absolute Gasteiger partial charge is 0.490 e. The summed E-state index contributed by atoms with van der Waals surface area (Å²) in [5.74, 6) is -1.64. The lowest BCUT2D eigenvalue weighted by molar-refractivity contribution is -0.137. The molecule has 3 rings (SSSR count). The van der Waals surface area contributed by atoms with E-state index in [9.17, 15) is 22.8 Å². The Hall–Kier alpha value is -4.33. The first kappa shape index (κ1) is 27.3. The van der Waals surface area contributed by atoms with Gasteiger partial charge in [0.05, 0.1) is 24.3 Å². The van der Waals surface area contributed by atoms with Gasteiger partial charge >= 0.3 is 12.1 Å². The minimum Gasteiger partial charge on any atom is -0.490 e. The molecule has 37 heavy (non-hydrogen) atoms. The number of alkyl halides is 3. The number of benzene rings is 1. The van der Waals surface area contributed by atoms with Gasteiger partial charge in [-0.25, -0.2) is 4.98 Å². The zero-order chi connectivity index (χ0) is 27.2. The summed E-state index contributed by atoms with van der Waals surface area (Å²) < 4.78 is 48.2. The molecular weight excluding hydrogens is 489 g/mol. The number of ether oxygens (including phenoxy) is 1. The lowest BCUT2D eigenvalue weighted by Gasteiger charge is -2.20. The van der Waals surface area contributed by atoms with Gasteiger partial charge in [-0.15, -0.1) is 0 Å². The topological polar surface area (TPSA) is 117 Å². The number of halogens is 3. The standard InChI is InChI=1S/C26H25F3N4O4/c1-3-16(2)33-18(10-12-37-23-5-4-11-31-21(23)15-30)7-9-22(33)25(36)32-20-13-17(14-24(34)35)6-8-19(20)26(27,28)29/h4-9,11,13,16H,3,10,12,14H2,1-2H3,(H,32,36)(H,34,35). The van der Waals surface area contributed by atoms with Crippen molar-refractivity contribution in [2.24, 2.45) is 0 Å². The highest BCUT2D eigenvalue weighted by molar-refractivity contribution is 6.04. The summed E-state index contributed by atoms with van der Waals surface area (Å²) in [5, 5.41) is 20.5. The van der Waals surface area contributed by atoms with Crippen LogP contribution in [0.2, 0.25) is 0 Å². The average Bonchev–Trinajstić information content (AvgIpc) is 3.27. The van der Waals surface area contributed by atoms with E-state index >= 15 is 0 Å². The van der Waals surface area contributed by atoms with Crippen LogP contribution in [-0.2, 0) is 23.8 Å². The second-order valence-corrected chi connectivity index (χ2v) is 8.30. The van der Waals surface area contributed by atoms with E-state index in [0.717, 1.165) is 23.9 Å². The number of nitrogens with zero attached hydrogens (tertiary/aromatic N) is 3. The molecule has 2 aromatic heterocycles. The lowest BCUT2D eigenvalue weighted by Crippen LogP contribution is -2.22. The van der Waals surface area contributed by atoms with Crippen molar-refractivity contribution in [1.82, 2.24) is 9.55 Å². The van der Waals surface area contributed by atoms with Gasteiger partial charge in [-0.3, -0.25) is 9.59 Å². The molecule has 0 aliphatic carbocycles. The molecule has 0 bridgehead atoms. The van der Waals surface area contributed by atoms with E-state index in [1.165, 1.54) is 12.3 Å². The zero-order valence-electron chi connectivity index (χ0n) is 20.2. The quantitative estimate of drug-likeness (QED) is 0.382. The van der Waals surface area contributed by atoms with E-state index in [-0.39, 0.29) is 29.6 Å². The smallest absolute Gasteiger partial charge is 0.418 e. The summed E-state index contributed by atoms with van der Waals surface area (Å²) in [4.78, 5) is 28.1. The third-order valence-corrected chi connectivity index (χ3v) is 5.75. The normalized spacial score (nSPS) is 12.0. The van der Waals surface area contributed by atoms with Crippen molar-refractivity contribution in [2.45, 2.75) is 45.3 Å². The number of nitrogens with one attached hydrogen (secondary N) is 1. The summed E-state index contributed by atoms with van der Waals surface area (Å²) in [6.45, 7) is 3.97. The van der Waals surface area contributed by atoms with E-state index in [0.29, 0.717) is 18.6 Å². The minimum atomic E-state index is -4.75. The van der Waals surface area contributed by atoms with Crippen molar-refractivity contribution in [3.63, 3.8) is 0 Å². The molecule has 194 valence electrons. The molecule has 0 saturated carbocycles. The SMILES string of the molecule is CCC(C)n1c(CCOc2cccnc2C#N)ccc1C(=O)Nc1cc(CC(=O)O)ccc1C(F)(F)F. The number of carboxylic acid groups (broad SMARTS) is 1. The monoisotopic (exact) mass is 514 g/mol. The highest BCUT2D eigenvalue weighted by Gasteiger charge is 2.34. The number of hydrogen-bond acceptors (Lipinski definition) is 5. The summed E-state index contributed by atoms with van der Waals surface area (Å²) in [7, 11) is 0. The number of hydrogen-bond donors (Lipinski definition) is 2. The molecule has 8 nitrogen and oxygen atoms in total. The van der Waals surface area contributed by atoms with Crippen molar-refractivity contribution in [3.05, 3.63) is 76.9 Å². The second-order valence-electron chi connectivity index (χ2n) is 8.30. The fourth-order valence-electron chi connectivity index (χ4n) is 3.85. The molecule has 2 N–H and O–H groups in total. The Morgan fingerprint density at radius 3 is 2.65 bits per heavy atom. The van der Waals surface area contributed by atoms with E-state index in [4.69, 9.17) is 15.1 Å². The van der Waals surface area contributed by atoms with Crippen LogP contribution in [0.25, 0.3) is 0 Å². The lowest BCUT2D eigenvalue weighted by atomic mass is 10.1. The van der Waals surface area contributed by atoms with Crippen LogP contribution in [0.1, 0.15) is 59.3 Å². The number of pyridine rings is 1. The fourth-order valence-corrected chi connectivity index (χ4v) is 3.85. The summed E-state index contributed by atoms with van der Waals surface area (Å²) >= 11 is 0. The van der Waals surface area contributed by atoms with Gasteiger partial charge in [0, 0.05) is 24.4 Å². The molecule has 1 aromatic carbocycles. The number of anilines is 1. The first-order valence-corrected chi connectivity index (χ1v) is 11.5. The van der Waals surface area contributed by atoms with Crippen molar-refractivity contribution in [1.29, 1.82) is 5.26 Å². The predicted octanol–water partition coefficient (Wildman–Crippen LogP) is 5.25. The van der Waals surface area contributed by atoms with Crippen molar-refractivity contribution in [2.75, 3.05) is 11.9 Å². The second kappa shape index (κ2) is 11.6. The van der Waals surface area contributed by atoms with Crippen LogP contribution in [0.3, 0.4) is 0 Å². The summed E-state index contributed by atoms with van der Waals surface area (Å²) in [5.41, 5.74) is -0.449. The molecule has 1 amide bonds. The maximum atomic E-state index is 13.6. The molecule has 0 aliphatic heterocycles. The number of carboxylic acids is 1. The first-order chi connectivity index (χ1) is 17.5. The van der Waals surface area contributed by atoms with Gasteiger partial charge in [0.25, 0.3) is 5.91 Å². The number of amides is 1. The van der Waals surface area contributed by atoms with E-state index in [1.807, 2.05) is 19.9 Å². The van der Waals surface area contributed by atoms with Gasteiger partial charge in [0.1, 0.15) is 11.8 Å². The van der Waals surface area contributed by atoms with Gasteiger partial charge in [-0.05, 0) is 55.3 Å². The van der Waals surface area contributed by atoms with Crippen LogP contribution in [0, 0.1) is 11.3 Å². The molecular formula is C26H25F3N4O4. The third kappa shape index (κ3) is 6.67. The third-order valence-electron chi connectivity index (χ3n) is 5.75. The summed E-state index contributed by atoms with van der Waals surface area (Å²) in [6, 6.07) is 11.1. The maximum absolute atomic E-state index is 13.6. The highest BCUT2D eigenvalue weighted by Crippen LogP contribution is 2.36. The highest BCUT2D eigenvalue weighted by atomic mass is 19.4. The fraction of sp³-hybridized carbons (Fsp3) is 0.308.